The predicted octanol–water partition coefficient (Wildman–Crippen LogP) is 4.81. The van der Waals surface area contributed by atoms with Crippen molar-refractivity contribution in [3.63, 3.8) is 0 Å². The highest BCUT2D eigenvalue weighted by Crippen LogP contribution is 2.22. The molecule has 0 aliphatic carbocycles. The minimum Gasteiger partial charge on any atom is -0.349 e. The van der Waals surface area contributed by atoms with E-state index >= 15 is 0 Å². The summed E-state index contributed by atoms with van der Waals surface area (Å²) < 4.78 is 18.1. The zero-order valence-corrected chi connectivity index (χ0v) is 15.7. The van der Waals surface area contributed by atoms with Crippen LogP contribution in [0, 0.1) is 12.7 Å². The molecule has 4 nitrogen and oxygen atoms in total. The highest BCUT2D eigenvalue weighted by atomic mass is 35.5. The van der Waals surface area contributed by atoms with Crippen LogP contribution in [0.1, 0.15) is 34.8 Å². The van der Waals surface area contributed by atoms with Gasteiger partial charge in [0, 0.05) is 12.0 Å². The summed E-state index contributed by atoms with van der Waals surface area (Å²) in [5.74, 6) is -0.373. The summed E-state index contributed by atoms with van der Waals surface area (Å²) >= 11 is 5.96. The highest BCUT2D eigenvalue weighted by molar-refractivity contribution is 6.29. The molecule has 0 saturated heterocycles. The molecule has 1 amide bonds. The summed E-state index contributed by atoms with van der Waals surface area (Å²) in [4.78, 5) is 12.5. The summed E-state index contributed by atoms with van der Waals surface area (Å²) in [6, 6.07) is 15.8. The van der Waals surface area contributed by atoms with Crippen molar-refractivity contribution in [3.05, 3.63) is 88.0 Å². The highest BCUT2D eigenvalue weighted by Gasteiger charge is 2.17. The fourth-order valence-electron chi connectivity index (χ4n) is 2.94. The minimum atomic E-state index is -0.278. The van der Waals surface area contributed by atoms with Crippen LogP contribution in [-0.2, 0) is 17.6 Å². The van der Waals surface area contributed by atoms with Gasteiger partial charge in [-0.3, -0.25) is 4.79 Å². The van der Waals surface area contributed by atoms with E-state index in [1.807, 2.05) is 30.3 Å². The number of halogens is 2. The van der Waals surface area contributed by atoms with Crippen LogP contribution in [0.3, 0.4) is 0 Å². The Morgan fingerprint density at radius 1 is 1.19 bits per heavy atom. The molecule has 0 aliphatic heterocycles. The molecule has 0 aliphatic rings. The third-order valence-corrected chi connectivity index (χ3v) is 4.73. The van der Waals surface area contributed by atoms with Gasteiger partial charge in [-0.25, -0.2) is 4.39 Å². The summed E-state index contributed by atoms with van der Waals surface area (Å²) in [5, 5.41) is 7.10. The molecule has 3 aromatic rings. The Bertz CT molecular complexity index is 875. The van der Waals surface area contributed by atoms with Crippen molar-refractivity contribution in [1.29, 1.82) is 0 Å². The molecular weight excluding hydrogens is 367 g/mol. The summed E-state index contributed by atoms with van der Waals surface area (Å²) in [5.41, 5.74) is 3.39. The Kier molecular flexibility index (Phi) is 6.24. The lowest BCUT2D eigenvalue weighted by molar-refractivity contribution is -0.121. The second-order valence-electron chi connectivity index (χ2n) is 6.38. The van der Waals surface area contributed by atoms with Crippen LogP contribution in [0.15, 0.2) is 59.1 Å². The first-order valence-corrected chi connectivity index (χ1v) is 9.10. The van der Waals surface area contributed by atoms with Gasteiger partial charge in [-0.2, -0.15) is 0 Å². The van der Waals surface area contributed by atoms with Gasteiger partial charge in [0.2, 0.25) is 11.1 Å². The topological polar surface area (TPSA) is 55.1 Å². The summed E-state index contributed by atoms with van der Waals surface area (Å²) in [6.07, 6.45) is 1.30. The molecule has 1 aromatic heterocycles. The van der Waals surface area contributed by atoms with Gasteiger partial charge in [0.05, 0.1) is 11.7 Å². The number of hydrogen-bond donors (Lipinski definition) is 1. The predicted molar refractivity (Wildman–Crippen MR) is 102 cm³/mol. The lowest BCUT2D eigenvalue weighted by Gasteiger charge is -2.19. The average Bonchev–Trinajstić information content (AvgIpc) is 3.00. The largest absolute Gasteiger partial charge is 0.349 e. The minimum absolute atomic E-state index is 0.0948. The molecule has 2 aromatic carbocycles. The lowest BCUT2D eigenvalue weighted by atomic mass is 9.98. The van der Waals surface area contributed by atoms with Crippen molar-refractivity contribution >= 4 is 17.5 Å². The van der Waals surface area contributed by atoms with Crippen molar-refractivity contribution in [1.82, 2.24) is 10.5 Å². The normalized spacial score (nSPS) is 12.0. The van der Waals surface area contributed by atoms with E-state index in [4.69, 9.17) is 16.1 Å². The summed E-state index contributed by atoms with van der Waals surface area (Å²) in [7, 11) is 0. The number of benzene rings is 2. The monoisotopic (exact) mass is 386 g/mol. The molecule has 1 unspecified atom stereocenters. The van der Waals surface area contributed by atoms with Gasteiger partial charge in [0.25, 0.3) is 0 Å². The van der Waals surface area contributed by atoms with Gasteiger partial charge in [-0.15, -0.1) is 0 Å². The van der Waals surface area contributed by atoms with E-state index in [-0.39, 0.29) is 29.4 Å². The van der Waals surface area contributed by atoms with Crippen molar-refractivity contribution in [2.45, 2.75) is 32.2 Å². The number of aryl methyl sites for hydroxylation is 1. The van der Waals surface area contributed by atoms with Crippen molar-refractivity contribution in [3.8, 4) is 0 Å². The molecule has 0 saturated carbocycles. The van der Waals surface area contributed by atoms with E-state index in [2.05, 4.69) is 10.5 Å². The SMILES string of the molecule is Cc1noc(Cl)c1CCC(=O)NC(Cc1ccc(F)cc1)c1ccccc1. The first-order valence-electron chi connectivity index (χ1n) is 8.72. The fraction of sp³-hybridized carbons (Fsp3) is 0.238. The Balaban J connectivity index is 1.69. The number of carbonyl (C=O) groups is 1. The second kappa shape index (κ2) is 8.82. The number of aromatic nitrogens is 1. The van der Waals surface area contributed by atoms with E-state index < -0.39 is 0 Å². The van der Waals surface area contributed by atoms with Crippen LogP contribution in [-0.4, -0.2) is 11.1 Å². The standard InChI is InChI=1S/C21H20ClFN2O2/c1-14-18(21(22)27-25-14)11-12-20(26)24-19(16-5-3-2-4-6-16)13-15-7-9-17(23)10-8-15/h2-10,19H,11-13H2,1H3,(H,24,26). The lowest BCUT2D eigenvalue weighted by Crippen LogP contribution is -2.30. The molecular formula is C21H20ClFN2O2. The number of carbonyl (C=O) groups excluding carboxylic acids is 1. The third kappa shape index (κ3) is 5.17. The van der Waals surface area contributed by atoms with Crippen LogP contribution in [0.25, 0.3) is 0 Å². The third-order valence-electron chi connectivity index (χ3n) is 4.43. The molecule has 0 bridgehead atoms. The molecule has 1 atom stereocenters. The smallest absolute Gasteiger partial charge is 0.229 e. The molecule has 6 heteroatoms. The molecule has 1 heterocycles. The molecule has 0 radical (unpaired) electrons. The first-order chi connectivity index (χ1) is 13.0. The Morgan fingerprint density at radius 3 is 2.52 bits per heavy atom. The number of amides is 1. The van der Waals surface area contributed by atoms with Gasteiger partial charge in [-0.05, 0) is 54.6 Å². The molecule has 1 N–H and O–H groups in total. The van der Waals surface area contributed by atoms with Gasteiger partial charge >= 0.3 is 0 Å². The fourth-order valence-corrected chi connectivity index (χ4v) is 3.20. The average molecular weight is 387 g/mol. The maximum atomic E-state index is 13.2. The Hall–Kier alpha value is -2.66. The van der Waals surface area contributed by atoms with Crippen LogP contribution < -0.4 is 5.32 Å². The van der Waals surface area contributed by atoms with Crippen molar-refractivity contribution < 1.29 is 13.7 Å². The van der Waals surface area contributed by atoms with Crippen molar-refractivity contribution in [2.75, 3.05) is 0 Å². The van der Waals surface area contributed by atoms with E-state index in [1.165, 1.54) is 12.1 Å². The summed E-state index contributed by atoms with van der Waals surface area (Å²) in [6.45, 7) is 1.80. The van der Waals surface area contributed by atoms with Crippen molar-refractivity contribution in [2.24, 2.45) is 0 Å². The number of rotatable bonds is 7. The number of nitrogens with one attached hydrogen (secondary N) is 1. The molecule has 0 spiro atoms. The van der Waals surface area contributed by atoms with Crippen LogP contribution in [0.4, 0.5) is 4.39 Å². The maximum absolute atomic E-state index is 13.2. The van der Waals surface area contributed by atoms with E-state index in [9.17, 15) is 9.18 Å². The van der Waals surface area contributed by atoms with E-state index in [0.717, 1.165) is 16.7 Å². The molecule has 140 valence electrons. The van der Waals surface area contributed by atoms with E-state index in [0.29, 0.717) is 18.5 Å². The second-order valence-corrected chi connectivity index (χ2v) is 6.72. The number of hydrogen-bond acceptors (Lipinski definition) is 3. The zero-order valence-electron chi connectivity index (χ0n) is 14.9. The van der Waals surface area contributed by atoms with Gasteiger partial charge in [0.1, 0.15) is 5.82 Å². The van der Waals surface area contributed by atoms with Gasteiger partial charge < -0.3 is 9.84 Å². The van der Waals surface area contributed by atoms with Gasteiger partial charge in [-0.1, -0.05) is 47.6 Å². The van der Waals surface area contributed by atoms with Crippen LogP contribution in [0.2, 0.25) is 5.22 Å². The number of nitrogens with zero attached hydrogens (tertiary/aromatic N) is 1. The molecule has 0 fully saturated rings. The van der Waals surface area contributed by atoms with E-state index in [1.54, 1.807) is 19.1 Å². The van der Waals surface area contributed by atoms with Crippen LogP contribution in [0.5, 0.6) is 0 Å². The zero-order chi connectivity index (χ0) is 19.2. The molecule has 27 heavy (non-hydrogen) atoms. The maximum Gasteiger partial charge on any atom is 0.229 e. The Labute approximate surface area is 162 Å². The van der Waals surface area contributed by atoms with Crippen LogP contribution >= 0.6 is 11.6 Å². The first kappa shape index (κ1) is 19.1. The Morgan fingerprint density at radius 2 is 1.89 bits per heavy atom. The molecule has 3 rings (SSSR count). The quantitative estimate of drug-likeness (QED) is 0.634. The van der Waals surface area contributed by atoms with Gasteiger partial charge in [0.15, 0.2) is 0 Å².